The quantitative estimate of drug-likeness (QED) is 0.397. The molecule has 3 aliphatic heterocycles. The topological polar surface area (TPSA) is 83.9 Å². The number of thioether (sulfide) groups is 1. The largest absolute Gasteiger partial charge is 1.00 e. The van der Waals surface area contributed by atoms with Crippen molar-refractivity contribution in [2.45, 2.75) is 44.7 Å². The van der Waals surface area contributed by atoms with E-state index in [1.54, 1.807) is 18.7 Å². The van der Waals surface area contributed by atoms with Crippen LogP contribution in [0.4, 0.5) is 0 Å². The molecule has 0 aliphatic carbocycles. The first kappa shape index (κ1) is 23.5. The summed E-state index contributed by atoms with van der Waals surface area (Å²) in [5.41, 5.74) is 2.53. The fourth-order valence-electron chi connectivity index (χ4n) is 4.53. The van der Waals surface area contributed by atoms with Gasteiger partial charge in [-0.25, -0.2) is 0 Å². The SMILES string of the molecule is Cc1ccc(CN2CC(SC3=C(C(=O)[O-])N4C(=O)[C@H]([C@@H](C)O)[C@H]4[C@H]3C)C2)cc1.[K+]. The molecule has 29 heavy (non-hydrogen) atoms. The average molecular weight is 441 g/mol. The minimum absolute atomic E-state index is 0. The van der Waals surface area contributed by atoms with Gasteiger partial charge in [0.2, 0.25) is 5.91 Å². The molecule has 1 aromatic carbocycles. The average Bonchev–Trinajstić information content (AvgIpc) is 2.83. The van der Waals surface area contributed by atoms with E-state index < -0.39 is 18.0 Å². The molecule has 0 radical (unpaired) electrons. The summed E-state index contributed by atoms with van der Waals surface area (Å²) >= 11 is 1.56. The number of carboxylic acid groups (broad SMARTS) is 1. The number of carboxylic acids is 1. The Hall–Kier alpha value is -0.194. The molecule has 2 saturated heterocycles. The van der Waals surface area contributed by atoms with Gasteiger partial charge in [0, 0.05) is 35.7 Å². The monoisotopic (exact) mass is 440 g/mol. The standard InChI is InChI=1S/C21H26N2O4S.K/c1-11-4-6-14(7-5-11)8-22-9-15(10-22)28-19-12(2)17-16(13(3)24)20(25)23(17)18(19)21(26)27;/h4-7,12-13,15-17,24H,8-10H2,1-3H3,(H,26,27);/q;+1/p-1/t12-,13-,16-,17-;/m1./s1. The number of aliphatic carboxylic acids is 1. The van der Waals surface area contributed by atoms with Crippen LogP contribution in [0.2, 0.25) is 0 Å². The van der Waals surface area contributed by atoms with Crippen LogP contribution in [0.25, 0.3) is 0 Å². The number of carbonyl (C=O) groups excluding carboxylic acids is 2. The first-order chi connectivity index (χ1) is 13.3. The number of nitrogens with zero attached hydrogens (tertiary/aromatic N) is 2. The first-order valence-corrected chi connectivity index (χ1v) is 10.6. The van der Waals surface area contributed by atoms with Crippen LogP contribution in [0.15, 0.2) is 34.9 Å². The van der Waals surface area contributed by atoms with Crippen LogP contribution in [-0.4, -0.2) is 57.3 Å². The van der Waals surface area contributed by atoms with E-state index in [0.717, 1.165) is 24.5 Å². The number of benzene rings is 1. The van der Waals surface area contributed by atoms with Gasteiger partial charge >= 0.3 is 51.4 Å². The molecular formula is C21H25KN2O4S. The van der Waals surface area contributed by atoms with Crippen molar-refractivity contribution in [1.82, 2.24) is 9.80 Å². The smallest absolute Gasteiger partial charge is 0.543 e. The first-order valence-electron chi connectivity index (χ1n) is 9.69. The fraction of sp³-hybridized carbons (Fsp3) is 0.524. The van der Waals surface area contributed by atoms with E-state index in [2.05, 4.69) is 36.1 Å². The molecular weight excluding hydrogens is 415 g/mol. The van der Waals surface area contributed by atoms with Gasteiger partial charge in [-0.1, -0.05) is 36.8 Å². The molecule has 150 valence electrons. The van der Waals surface area contributed by atoms with Crippen LogP contribution in [0.3, 0.4) is 0 Å². The van der Waals surface area contributed by atoms with Crippen molar-refractivity contribution in [3.8, 4) is 0 Å². The van der Waals surface area contributed by atoms with Gasteiger partial charge in [0.25, 0.3) is 0 Å². The van der Waals surface area contributed by atoms with Crippen molar-refractivity contribution in [2.75, 3.05) is 13.1 Å². The van der Waals surface area contributed by atoms with E-state index in [0.29, 0.717) is 5.25 Å². The molecule has 3 aliphatic rings. The summed E-state index contributed by atoms with van der Waals surface area (Å²) in [5.74, 6) is -2.23. The number of hydrogen-bond acceptors (Lipinski definition) is 6. The summed E-state index contributed by atoms with van der Waals surface area (Å²) in [5, 5.41) is 22.0. The number of fused-ring (bicyclic) bond motifs is 1. The van der Waals surface area contributed by atoms with Crippen LogP contribution < -0.4 is 56.5 Å². The second-order valence-electron chi connectivity index (χ2n) is 8.17. The molecule has 1 aromatic rings. The third kappa shape index (κ3) is 4.28. The van der Waals surface area contributed by atoms with Gasteiger partial charge in [-0.3, -0.25) is 9.69 Å². The van der Waals surface area contributed by atoms with Crippen molar-refractivity contribution in [1.29, 1.82) is 0 Å². The third-order valence-corrected chi connectivity index (χ3v) is 7.50. The second kappa shape index (κ2) is 9.12. The Labute approximate surface area is 218 Å². The maximum atomic E-state index is 12.4. The zero-order valence-corrected chi connectivity index (χ0v) is 21.2. The summed E-state index contributed by atoms with van der Waals surface area (Å²) in [6, 6.07) is 8.22. The van der Waals surface area contributed by atoms with E-state index in [-0.39, 0.29) is 74.9 Å². The third-order valence-electron chi connectivity index (χ3n) is 6.05. The molecule has 0 spiro atoms. The molecule has 6 nitrogen and oxygen atoms in total. The number of aryl methyl sites for hydroxylation is 1. The Balaban J connectivity index is 0.00000240. The second-order valence-corrected chi connectivity index (χ2v) is 9.52. The number of β-lactam (4-membered cyclic amide) rings is 1. The van der Waals surface area contributed by atoms with Crippen molar-refractivity contribution in [3.63, 3.8) is 0 Å². The minimum Gasteiger partial charge on any atom is -0.543 e. The van der Waals surface area contributed by atoms with Crippen LogP contribution >= 0.6 is 11.8 Å². The summed E-state index contributed by atoms with van der Waals surface area (Å²) in [4.78, 5) is 28.5. The number of rotatable bonds is 6. The molecule has 1 N–H and O–H groups in total. The van der Waals surface area contributed by atoms with E-state index in [1.165, 1.54) is 16.0 Å². The molecule has 1 amide bonds. The van der Waals surface area contributed by atoms with Crippen molar-refractivity contribution >= 4 is 23.6 Å². The molecule has 8 heteroatoms. The molecule has 4 atom stereocenters. The Bertz CT molecular complexity index is 836. The maximum Gasteiger partial charge on any atom is 1.00 e. The molecule has 0 saturated carbocycles. The number of likely N-dealkylation sites (tertiary alicyclic amines) is 1. The van der Waals surface area contributed by atoms with E-state index in [4.69, 9.17) is 0 Å². The number of hydrogen-bond donors (Lipinski definition) is 1. The number of amides is 1. The molecule has 0 bridgehead atoms. The predicted octanol–water partition coefficient (Wildman–Crippen LogP) is -2.26. The normalized spacial score (nSPS) is 27.8. The zero-order valence-electron chi connectivity index (χ0n) is 17.3. The van der Waals surface area contributed by atoms with Gasteiger partial charge in [0.15, 0.2) is 0 Å². The number of aliphatic hydroxyl groups excluding tert-OH is 1. The molecule has 3 heterocycles. The van der Waals surface area contributed by atoms with Crippen molar-refractivity contribution in [2.24, 2.45) is 11.8 Å². The Morgan fingerprint density at radius 2 is 1.93 bits per heavy atom. The van der Waals surface area contributed by atoms with Crippen LogP contribution in [0.5, 0.6) is 0 Å². The molecule has 4 rings (SSSR count). The Morgan fingerprint density at radius 1 is 1.31 bits per heavy atom. The van der Waals surface area contributed by atoms with E-state index >= 15 is 0 Å². The fourth-order valence-corrected chi connectivity index (χ4v) is 6.10. The summed E-state index contributed by atoms with van der Waals surface area (Å²) in [6.07, 6.45) is -0.780. The van der Waals surface area contributed by atoms with Gasteiger partial charge in [-0.2, -0.15) is 0 Å². The van der Waals surface area contributed by atoms with Crippen LogP contribution in [0, 0.1) is 18.8 Å². The Morgan fingerprint density at radius 3 is 2.48 bits per heavy atom. The minimum atomic E-state index is -1.30. The summed E-state index contributed by atoms with van der Waals surface area (Å²) in [6.45, 7) is 8.25. The summed E-state index contributed by atoms with van der Waals surface area (Å²) < 4.78 is 0. The Kier molecular flexibility index (Phi) is 7.38. The number of carbonyl (C=O) groups is 2. The van der Waals surface area contributed by atoms with Gasteiger partial charge in [0.1, 0.15) is 0 Å². The van der Waals surface area contributed by atoms with Gasteiger partial charge < -0.3 is 19.9 Å². The van der Waals surface area contributed by atoms with Crippen molar-refractivity contribution < 1.29 is 71.2 Å². The molecule has 0 unspecified atom stereocenters. The molecule has 0 aromatic heterocycles. The zero-order chi connectivity index (χ0) is 20.2. The van der Waals surface area contributed by atoms with Gasteiger partial charge in [-0.05, 0) is 19.4 Å². The maximum absolute atomic E-state index is 12.4. The summed E-state index contributed by atoms with van der Waals surface area (Å²) in [7, 11) is 0. The van der Waals surface area contributed by atoms with Gasteiger partial charge in [-0.15, -0.1) is 11.8 Å². The van der Waals surface area contributed by atoms with Crippen molar-refractivity contribution in [3.05, 3.63) is 46.0 Å². The van der Waals surface area contributed by atoms with Gasteiger partial charge in [0.05, 0.1) is 29.7 Å². The van der Waals surface area contributed by atoms with E-state index in [1.807, 2.05) is 6.92 Å². The van der Waals surface area contributed by atoms with E-state index in [9.17, 15) is 19.8 Å². The van der Waals surface area contributed by atoms with Crippen LogP contribution in [0.1, 0.15) is 25.0 Å². The number of aliphatic hydroxyl groups is 1. The molecule has 2 fully saturated rings. The van der Waals surface area contributed by atoms with Crippen LogP contribution in [-0.2, 0) is 16.1 Å². The predicted molar refractivity (Wildman–Crippen MR) is 105 cm³/mol.